The summed E-state index contributed by atoms with van der Waals surface area (Å²) >= 11 is 5.94. The van der Waals surface area contributed by atoms with Crippen molar-refractivity contribution >= 4 is 29.1 Å². The van der Waals surface area contributed by atoms with Gasteiger partial charge in [0.2, 0.25) is 5.91 Å². The molecule has 0 aliphatic heterocycles. The minimum Gasteiger partial charge on any atom is -0.343 e. The van der Waals surface area contributed by atoms with Crippen molar-refractivity contribution < 1.29 is 9.59 Å². The molecular weight excluding hydrogens is 300 g/mol. The number of anilines is 1. The van der Waals surface area contributed by atoms with Crippen molar-refractivity contribution in [1.82, 2.24) is 5.32 Å². The van der Waals surface area contributed by atoms with E-state index in [4.69, 9.17) is 11.6 Å². The summed E-state index contributed by atoms with van der Waals surface area (Å²) in [4.78, 5) is 23.8. The van der Waals surface area contributed by atoms with Gasteiger partial charge in [-0.15, -0.1) is 0 Å². The first-order valence-corrected chi connectivity index (χ1v) is 7.25. The number of rotatable bonds is 4. The van der Waals surface area contributed by atoms with Crippen LogP contribution in [0.5, 0.6) is 0 Å². The zero-order valence-electron chi connectivity index (χ0n) is 12.4. The van der Waals surface area contributed by atoms with E-state index in [1.54, 1.807) is 24.3 Å². The first-order chi connectivity index (χ1) is 10.5. The summed E-state index contributed by atoms with van der Waals surface area (Å²) in [6, 6.07) is 12.4. The molecule has 0 unspecified atom stereocenters. The van der Waals surface area contributed by atoms with Crippen LogP contribution in [0.15, 0.2) is 42.5 Å². The van der Waals surface area contributed by atoms with Crippen LogP contribution in [0, 0.1) is 13.8 Å². The van der Waals surface area contributed by atoms with Gasteiger partial charge in [0.1, 0.15) is 0 Å². The molecule has 114 valence electrons. The summed E-state index contributed by atoms with van der Waals surface area (Å²) < 4.78 is 0. The smallest absolute Gasteiger partial charge is 0.253 e. The van der Waals surface area contributed by atoms with E-state index in [1.807, 2.05) is 32.0 Å². The Bertz CT molecular complexity index is 714. The third kappa shape index (κ3) is 4.09. The second kappa shape index (κ2) is 7.09. The Morgan fingerprint density at radius 1 is 1.05 bits per heavy atom. The highest BCUT2D eigenvalue weighted by molar-refractivity contribution is 6.33. The average molecular weight is 317 g/mol. The van der Waals surface area contributed by atoms with Crippen molar-refractivity contribution in [2.24, 2.45) is 0 Å². The molecule has 0 saturated carbocycles. The van der Waals surface area contributed by atoms with Gasteiger partial charge in [0.25, 0.3) is 5.91 Å². The zero-order chi connectivity index (χ0) is 16.1. The maximum atomic E-state index is 11.9. The van der Waals surface area contributed by atoms with Crippen LogP contribution in [0.2, 0.25) is 5.02 Å². The molecular formula is C17H17ClN2O2. The molecule has 0 bridgehead atoms. The van der Waals surface area contributed by atoms with Crippen LogP contribution in [-0.4, -0.2) is 18.4 Å². The number of hydrogen-bond acceptors (Lipinski definition) is 2. The Labute approximate surface area is 134 Å². The predicted molar refractivity (Wildman–Crippen MR) is 88.3 cm³/mol. The van der Waals surface area contributed by atoms with E-state index in [9.17, 15) is 9.59 Å². The molecule has 22 heavy (non-hydrogen) atoms. The number of carbonyl (C=O) groups is 2. The van der Waals surface area contributed by atoms with E-state index in [2.05, 4.69) is 10.6 Å². The lowest BCUT2D eigenvalue weighted by Crippen LogP contribution is -2.33. The maximum Gasteiger partial charge on any atom is 0.253 e. The fourth-order valence-corrected chi connectivity index (χ4v) is 2.15. The van der Waals surface area contributed by atoms with Crippen LogP contribution < -0.4 is 10.6 Å². The first kappa shape index (κ1) is 16.0. The number of amides is 2. The van der Waals surface area contributed by atoms with Gasteiger partial charge in [-0.1, -0.05) is 29.8 Å². The summed E-state index contributed by atoms with van der Waals surface area (Å²) in [6.45, 7) is 3.87. The Hall–Kier alpha value is -2.33. The Balaban J connectivity index is 1.91. The summed E-state index contributed by atoms with van der Waals surface area (Å²) in [6.07, 6.45) is 0. The third-order valence-corrected chi connectivity index (χ3v) is 3.65. The van der Waals surface area contributed by atoms with Gasteiger partial charge in [0.15, 0.2) is 0 Å². The number of benzene rings is 2. The number of hydrogen-bond donors (Lipinski definition) is 2. The van der Waals surface area contributed by atoms with Crippen molar-refractivity contribution in [3.05, 3.63) is 64.2 Å². The lowest BCUT2D eigenvalue weighted by Gasteiger charge is -2.09. The van der Waals surface area contributed by atoms with E-state index in [0.29, 0.717) is 16.3 Å². The Morgan fingerprint density at radius 2 is 1.77 bits per heavy atom. The molecule has 0 fully saturated rings. The van der Waals surface area contributed by atoms with Gasteiger partial charge in [0, 0.05) is 5.69 Å². The van der Waals surface area contributed by atoms with E-state index in [0.717, 1.165) is 11.1 Å². The fraction of sp³-hybridized carbons (Fsp3) is 0.176. The van der Waals surface area contributed by atoms with Crippen molar-refractivity contribution in [3.8, 4) is 0 Å². The van der Waals surface area contributed by atoms with Crippen molar-refractivity contribution in [2.45, 2.75) is 13.8 Å². The molecule has 5 heteroatoms. The lowest BCUT2D eigenvalue weighted by atomic mass is 10.1. The number of nitrogens with one attached hydrogen (secondary N) is 2. The number of halogens is 1. The average Bonchev–Trinajstić information content (AvgIpc) is 2.49. The molecule has 0 spiro atoms. The SMILES string of the molecule is Cc1ccc(NC(=O)CNC(=O)c2ccccc2Cl)cc1C. The van der Waals surface area contributed by atoms with Gasteiger partial charge in [0.05, 0.1) is 17.1 Å². The first-order valence-electron chi connectivity index (χ1n) is 6.87. The second-order valence-corrected chi connectivity index (χ2v) is 5.42. The van der Waals surface area contributed by atoms with E-state index >= 15 is 0 Å². The third-order valence-electron chi connectivity index (χ3n) is 3.32. The monoisotopic (exact) mass is 316 g/mol. The van der Waals surface area contributed by atoms with Gasteiger partial charge in [-0.05, 0) is 49.2 Å². The molecule has 2 aromatic carbocycles. The summed E-state index contributed by atoms with van der Waals surface area (Å²) in [5.41, 5.74) is 3.31. The molecule has 0 radical (unpaired) electrons. The standard InChI is InChI=1S/C17H17ClN2O2/c1-11-7-8-13(9-12(11)2)20-16(21)10-19-17(22)14-5-3-4-6-15(14)18/h3-9H,10H2,1-2H3,(H,19,22)(H,20,21). The molecule has 0 aromatic heterocycles. The molecule has 2 rings (SSSR count). The zero-order valence-corrected chi connectivity index (χ0v) is 13.2. The van der Waals surface area contributed by atoms with Gasteiger partial charge >= 0.3 is 0 Å². The molecule has 4 nitrogen and oxygen atoms in total. The summed E-state index contributed by atoms with van der Waals surface area (Å²) in [5.74, 6) is -0.663. The molecule has 2 N–H and O–H groups in total. The molecule has 0 heterocycles. The quantitative estimate of drug-likeness (QED) is 0.909. The topological polar surface area (TPSA) is 58.2 Å². The van der Waals surface area contributed by atoms with Crippen LogP contribution >= 0.6 is 11.6 Å². The number of aryl methyl sites for hydroxylation is 2. The van der Waals surface area contributed by atoms with Crippen molar-refractivity contribution in [1.29, 1.82) is 0 Å². The van der Waals surface area contributed by atoms with E-state index < -0.39 is 0 Å². The summed E-state index contributed by atoms with van der Waals surface area (Å²) in [7, 11) is 0. The van der Waals surface area contributed by atoms with Crippen molar-refractivity contribution in [2.75, 3.05) is 11.9 Å². The van der Waals surface area contributed by atoms with Crippen LogP contribution in [0.1, 0.15) is 21.5 Å². The lowest BCUT2D eigenvalue weighted by molar-refractivity contribution is -0.115. The summed E-state index contributed by atoms with van der Waals surface area (Å²) in [5, 5.41) is 5.65. The molecule has 0 saturated heterocycles. The van der Waals surface area contributed by atoms with Gasteiger partial charge in [-0.2, -0.15) is 0 Å². The minimum absolute atomic E-state index is 0.114. The normalized spacial score (nSPS) is 10.1. The predicted octanol–water partition coefficient (Wildman–Crippen LogP) is 3.33. The fourth-order valence-electron chi connectivity index (χ4n) is 1.93. The van der Waals surface area contributed by atoms with Crippen LogP contribution in [0.4, 0.5) is 5.69 Å². The highest BCUT2D eigenvalue weighted by Crippen LogP contribution is 2.15. The van der Waals surface area contributed by atoms with Crippen LogP contribution in [-0.2, 0) is 4.79 Å². The Morgan fingerprint density at radius 3 is 2.45 bits per heavy atom. The van der Waals surface area contributed by atoms with Crippen LogP contribution in [0.25, 0.3) is 0 Å². The molecule has 0 aliphatic rings. The highest BCUT2D eigenvalue weighted by atomic mass is 35.5. The molecule has 0 atom stereocenters. The van der Waals surface area contributed by atoms with Gasteiger partial charge in [-0.3, -0.25) is 9.59 Å². The largest absolute Gasteiger partial charge is 0.343 e. The molecule has 2 amide bonds. The maximum absolute atomic E-state index is 11.9. The number of carbonyl (C=O) groups excluding carboxylic acids is 2. The van der Waals surface area contributed by atoms with Crippen LogP contribution in [0.3, 0.4) is 0 Å². The Kier molecular flexibility index (Phi) is 5.17. The molecule has 2 aromatic rings. The van der Waals surface area contributed by atoms with Gasteiger partial charge < -0.3 is 10.6 Å². The molecule has 0 aliphatic carbocycles. The van der Waals surface area contributed by atoms with Gasteiger partial charge in [-0.25, -0.2) is 0 Å². The second-order valence-electron chi connectivity index (χ2n) is 5.01. The highest BCUT2D eigenvalue weighted by Gasteiger charge is 2.11. The van der Waals surface area contributed by atoms with E-state index in [1.165, 1.54) is 0 Å². The van der Waals surface area contributed by atoms with E-state index in [-0.39, 0.29) is 18.4 Å². The minimum atomic E-state index is -0.374. The van der Waals surface area contributed by atoms with Crippen molar-refractivity contribution in [3.63, 3.8) is 0 Å².